The molecule has 1 aromatic carbocycles. The maximum Gasteiger partial charge on any atom is 0.305 e. The van der Waals surface area contributed by atoms with E-state index in [1.807, 2.05) is 31.2 Å². The SMILES string of the molecule is Cc1ccc(NC(=O)C[NH+](C)CC(=O)NNC(=O)c2ccco2)cc1. The first-order valence-electron chi connectivity index (χ1n) is 7.74. The Morgan fingerprint density at radius 2 is 1.68 bits per heavy atom. The van der Waals surface area contributed by atoms with Crippen molar-refractivity contribution >= 4 is 23.4 Å². The van der Waals surface area contributed by atoms with Gasteiger partial charge < -0.3 is 14.6 Å². The minimum absolute atomic E-state index is 0.0275. The number of furan rings is 1. The lowest BCUT2D eigenvalue weighted by Crippen LogP contribution is -3.11. The highest BCUT2D eigenvalue weighted by molar-refractivity contribution is 5.93. The van der Waals surface area contributed by atoms with Crippen LogP contribution < -0.4 is 21.1 Å². The molecule has 25 heavy (non-hydrogen) atoms. The molecule has 0 radical (unpaired) electrons. The van der Waals surface area contributed by atoms with Gasteiger partial charge in [0, 0.05) is 5.69 Å². The number of nitrogens with one attached hydrogen (secondary N) is 4. The summed E-state index contributed by atoms with van der Waals surface area (Å²) in [6.45, 7) is 2.11. The summed E-state index contributed by atoms with van der Waals surface area (Å²) in [5.41, 5.74) is 6.33. The molecule has 0 saturated carbocycles. The summed E-state index contributed by atoms with van der Waals surface area (Å²) in [7, 11) is 1.71. The van der Waals surface area contributed by atoms with Gasteiger partial charge in [0.05, 0.1) is 13.3 Å². The van der Waals surface area contributed by atoms with Crippen molar-refractivity contribution in [1.82, 2.24) is 10.9 Å². The topological polar surface area (TPSA) is 105 Å². The molecular formula is C17H21N4O4+. The summed E-state index contributed by atoms with van der Waals surface area (Å²) in [6.07, 6.45) is 1.36. The van der Waals surface area contributed by atoms with Crippen molar-refractivity contribution in [3.63, 3.8) is 0 Å². The summed E-state index contributed by atoms with van der Waals surface area (Å²) in [5, 5.41) is 2.77. The molecule has 1 atom stereocenters. The minimum Gasteiger partial charge on any atom is -0.459 e. The molecular weight excluding hydrogens is 324 g/mol. The van der Waals surface area contributed by atoms with E-state index in [0.29, 0.717) is 10.6 Å². The molecule has 0 spiro atoms. The quantitative estimate of drug-likeness (QED) is 0.530. The normalized spacial score (nSPS) is 11.4. The fourth-order valence-electron chi connectivity index (χ4n) is 2.09. The standard InChI is InChI=1S/C17H20N4O4/c1-12-5-7-13(8-6-12)18-15(22)10-21(2)11-16(23)19-20-17(24)14-4-3-9-25-14/h3-9H,10-11H2,1-2H3,(H,18,22)(H,19,23)(H,20,24)/p+1. The molecule has 3 amide bonds. The number of benzene rings is 1. The smallest absolute Gasteiger partial charge is 0.305 e. The maximum absolute atomic E-state index is 12.0. The summed E-state index contributed by atoms with van der Waals surface area (Å²) >= 11 is 0. The molecule has 132 valence electrons. The Balaban J connectivity index is 1.70. The van der Waals surface area contributed by atoms with Gasteiger partial charge in [-0.1, -0.05) is 17.7 Å². The van der Waals surface area contributed by atoms with Crippen LogP contribution in [0, 0.1) is 6.92 Å². The van der Waals surface area contributed by atoms with Crippen molar-refractivity contribution in [3.8, 4) is 0 Å². The van der Waals surface area contributed by atoms with E-state index in [1.54, 1.807) is 13.1 Å². The van der Waals surface area contributed by atoms with Crippen LogP contribution in [0.3, 0.4) is 0 Å². The lowest BCUT2D eigenvalue weighted by atomic mass is 10.2. The number of hydrogen-bond donors (Lipinski definition) is 4. The number of hydrazine groups is 1. The maximum atomic E-state index is 12.0. The number of carbonyl (C=O) groups is 3. The predicted molar refractivity (Wildman–Crippen MR) is 90.7 cm³/mol. The number of rotatable bonds is 6. The van der Waals surface area contributed by atoms with Gasteiger partial charge in [-0.2, -0.15) is 0 Å². The van der Waals surface area contributed by atoms with Crippen LogP contribution in [0.1, 0.15) is 16.1 Å². The monoisotopic (exact) mass is 345 g/mol. The number of aryl methyl sites for hydroxylation is 1. The average Bonchev–Trinajstić information content (AvgIpc) is 3.09. The number of anilines is 1. The van der Waals surface area contributed by atoms with Gasteiger partial charge in [0.2, 0.25) is 0 Å². The first-order valence-corrected chi connectivity index (χ1v) is 7.74. The van der Waals surface area contributed by atoms with Gasteiger partial charge >= 0.3 is 5.91 Å². The molecule has 0 bridgehead atoms. The van der Waals surface area contributed by atoms with E-state index in [4.69, 9.17) is 4.42 Å². The first-order chi connectivity index (χ1) is 11.9. The Morgan fingerprint density at radius 3 is 2.32 bits per heavy atom. The van der Waals surface area contributed by atoms with E-state index in [1.165, 1.54) is 12.3 Å². The molecule has 0 saturated heterocycles. The predicted octanol–water partition coefficient (Wildman–Crippen LogP) is -0.498. The van der Waals surface area contributed by atoms with Crippen LogP contribution in [0.15, 0.2) is 47.1 Å². The highest BCUT2D eigenvalue weighted by Crippen LogP contribution is 2.07. The van der Waals surface area contributed by atoms with E-state index in [2.05, 4.69) is 16.2 Å². The zero-order valence-electron chi connectivity index (χ0n) is 14.1. The van der Waals surface area contributed by atoms with Crippen molar-refractivity contribution in [1.29, 1.82) is 0 Å². The third kappa shape index (κ3) is 6.11. The van der Waals surface area contributed by atoms with Gasteiger partial charge in [0.15, 0.2) is 18.8 Å². The Kier molecular flexibility index (Phi) is 6.30. The van der Waals surface area contributed by atoms with Crippen molar-refractivity contribution in [2.24, 2.45) is 0 Å². The minimum atomic E-state index is -0.548. The van der Waals surface area contributed by atoms with E-state index in [0.717, 1.165) is 5.56 Å². The van der Waals surface area contributed by atoms with Gasteiger partial charge in [-0.3, -0.25) is 25.2 Å². The fraction of sp³-hybridized carbons (Fsp3) is 0.235. The Morgan fingerprint density at radius 1 is 1.00 bits per heavy atom. The number of carbonyl (C=O) groups excluding carboxylic acids is 3. The highest BCUT2D eigenvalue weighted by Gasteiger charge is 2.15. The van der Waals surface area contributed by atoms with E-state index >= 15 is 0 Å². The van der Waals surface area contributed by atoms with Crippen molar-refractivity contribution < 1.29 is 23.7 Å². The largest absolute Gasteiger partial charge is 0.459 e. The second kappa shape index (κ2) is 8.65. The molecule has 1 unspecified atom stereocenters. The fourth-order valence-corrected chi connectivity index (χ4v) is 2.09. The van der Waals surface area contributed by atoms with Crippen LogP contribution in [-0.4, -0.2) is 37.9 Å². The van der Waals surface area contributed by atoms with Gasteiger partial charge in [0.25, 0.3) is 11.8 Å². The lowest BCUT2D eigenvalue weighted by molar-refractivity contribution is -0.862. The van der Waals surface area contributed by atoms with Gasteiger partial charge in [-0.15, -0.1) is 0 Å². The van der Waals surface area contributed by atoms with Crippen molar-refractivity contribution in [2.75, 3.05) is 25.5 Å². The second-order valence-electron chi connectivity index (χ2n) is 5.70. The zero-order valence-corrected chi connectivity index (χ0v) is 14.1. The summed E-state index contributed by atoms with van der Waals surface area (Å²) < 4.78 is 4.90. The van der Waals surface area contributed by atoms with Crippen LogP contribution in [0.5, 0.6) is 0 Å². The van der Waals surface area contributed by atoms with Crippen molar-refractivity contribution in [2.45, 2.75) is 6.92 Å². The number of amides is 3. The lowest BCUT2D eigenvalue weighted by Gasteiger charge is -2.14. The molecule has 2 aromatic rings. The molecule has 8 heteroatoms. The van der Waals surface area contributed by atoms with Gasteiger partial charge in [-0.05, 0) is 31.2 Å². The summed E-state index contributed by atoms with van der Waals surface area (Å²) in [6, 6.07) is 10.5. The van der Waals surface area contributed by atoms with Crippen LogP contribution >= 0.6 is 0 Å². The average molecular weight is 345 g/mol. The number of hydrogen-bond acceptors (Lipinski definition) is 4. The third-order valence-corrected chi connectivity index (χ3v) is 3.32. The summed E-state index contributed by atoms with van der Waals surface area (Å²) in [5.74, 6) is -1.07. The number of likely N-dealkylation sites (N-methyl/N-ethyl adjacent to an activating group) is 1. The second-order valence-corrected chi connectivity index (χ2v) is 5.70. The van der Waals surface area contributed by atoms with Crippen LogP contribution in [0.4, 0.5) is 5.69 Å². The van der Waals surface area contributed by atoms with Gasteiger partial charge in [-0.25, -0.2) is 0 Å². The van der Waals surface area contributed by atoms with E-state index in [-0.39, 0.29) is 24.8 Å². The summed E-state index contributed by atoms with van der Waals surface area (Å²) in [4.78, 5) is 36.0. The highest BCUT2D eigenvalue weighted by atomic mass is 16.3. The molecule has 4 N–H and O–H groups in total. The molecule has 1 aromatic heterocycles. The Hall–Kier alpha value is -3.13. The first kappa shape index (κ1) is 18.2. The molecule has 0 fully saturated rings. The van der Waals surface area contributed by atoms with Crippen LogP contribution in [-0.2, 0) is 9.59 Å². The molecule has 0 aliphatic heterocycles. The molecule has 0 aliphatic carbocycles. The third-order valence-electron chi connectivity index (χ3n) is 3.32. The molecule has 2 rings (SSSR count). The zero-order chi connectivity index (χ0) is 18.2. The van der Waals surface area contributed by atoms with Gasteiger partial charge in [0.1, 0.15) is 0 Å². The van der Waals surface area contributed by atoms with E-state index in [9.17, 15) is 14.4 Å². The number of quaternary nitrogens is 1. The van der Waals surface area contributed by atoms with Crippen LogP contribution in [0.25, 0.3) is 0 Å². The van der Waals surface area contributed by atoms with Crippen molar-refractivity contribution in [3.05, 3.63) is 54.0 Å². The molecule has 8 nitrogen and oxygen atoms in total. The van der Waals surface area contributed by atoms with E-state index < -0.39 is 11.8 Å². The Labute approximate surface area is 145 Å². The Bertz CT molecular complexity index is 726. The molecule has 1 heterocycles. The van der Waals surface area contributed by atoms with Crippen LogP contribution in [0.2, 0.25) is 0 Å². The molecule has 0 aliphatic rings.